The molecule has 0 aliphatic heterocycles. The third-order valence-corrected chi connectivity index (χ3v) is 6.68. The molecule has 0 aromatic rings. The van der Waals surface area contributed by atoms with Gasteiger partial charge in [0.15, 0.2) is 0 Å². The molecule has 6 bridgehead atoms. The van der Waals surface area contributed by atoms with Gasteiger partial charge in [-0.25, -0.2) is 0 Å². The highest BCUT2D eigenvalue weighted by molar-refractivity contribution is 5.67. The Balaban J connectivity index is 1.95. The Morgan fingerprint density at radius 3 is 2.29 bits per heavy atom. The second-order valence-electron chi connectivity index (χ2n) is 7.41. The highest BCUT2D eigenvalue weighted by atomic mass is 19.4. The second-order valence-corrected chi connectivity index (χ2v) is 7.41. The number of carbonyl (C=O) groups is 1. The maximum Gasteiger partial charge on any atom is 0.412 e. The minimum Gasteiger partial charge on any atom is -0.433 e. The molecule has 24 heavy (non-hydrogen) atoms. The van der Waals surface area contributed by atoms with Crippen LogP contribution in [-0.4, -0.2) is 29.2 Å². The van der Waals surface area contributed by atoms with Crippen LogP contribution >= 0.6 is 0 Å². The van der Waals surface area contributed by atoms with Gasteiger partial charge in [-0.2, -0.15) is 26.3 Å². The van der Waals surface area contributed by atoms with E-state index in [-0.39, 0.29) is 6.42 Å². The lowest BCUT2D eigenvalue weighted by molar-refractivity contribution is -0.299. The number of allylic oxidation sites excluding steroid dienone is 1. The molecule has 0 heterocycles. The van der Waals surface area contributed by atoms with E-state index in [1.165, 1.54) is 0 Å². The molecule has 0 radical (unpaired) electrons. The van der Waals surface area contributed by atoms with Gasteiger partial charge >= 0.3 is 18.3 Å². The summed E-state index contributed by atoms with van der Waals surface area (Å²) in [6, 6.07) is 0. The van der Waals surface area contributed by atoms with Gasteiger partial charge in [-0.3, -0.25) is 4.79 Å². The molecular formula is C15H14F6O3. The molecule has 7 atom stereocenters. The van der Waals surface area contributed by atoms with Gasteiger partial charge in [0.1, 0.15) is 0 Å². The van der Waals surface area contributed by atoms with Crippen LogP contribution in [0.2, 0.25) is 0 Å². The van der Waals surface area contributed by atoms with Crippen LogP contribution in [0.25, 0.3) is 0 Å². The normalized spacial score (nSPS) is 47.5. The Labute approximate surface area is 132 Å². The van der Waals surface area contributed by atoms with E-state index in [2.05, 4.69) is 0 Å². The largest absolute Gasteiger partial charge is 0.433 e. The predicted octanol–water partition coefficient (Wildman–Crippen LogP) is 3.19. The average molecular weight is 356 g/mol. The lowest BCUT2D eigenvalue weighted by Crippen LogP contribution is -2.57. The van der Waals surface area contributed by atoms with Crippen LogP contribution in [-0.2, 0) is 9.53 Å². The Morgan fingerprint density at radius 1 is 1.25 bits per heavy atom. The molecule has 1 N–H and O–H groups in total. The van der Waals surface area contributed by atoms with E-state index in [1.54, 1.807) is 0 Å². The second kappa shape index (κ2) is 3.78. The van der Waals surface area contributed by atoms with Crippen LogP contribution in [0.4, 0.5) is 26.3 Å². The zero-order valence-corrected chi connectivity index (χ0v) is 12.6. The maximum atomic E-state index is 13.9. The quantitative estimate of drug-likeness (QED) is 0.358. The maximum absolute atomic E-state index is 13.9. The van der Waals surface area contributed by atoms with Crippen molar-refractivity contribution in [3.05, 3.63) is 11.6 Å². The standard InChI is InChI=1S/C15H14F6O3/c1-5(22)24-11(2,23)12-4-8(14(16,17)18)9-6(12)3-7-10(9)13(7,12)15(19,20)21/h4,6-7,9-10,23H,3H2,1-2H3/t6-,7+,9?,10?,11?,12?,13?/m0/s1. The topological polar surface area (TPSA) is 46.5 Å². The predicted molar refractivity (Wildman–Crippen MR) is 66.0 cm³/mol. The van der Waals surface area contributed by atoms with E-state index in [0.29, 0.717) is 6.08 Å². The van der Waals surface area contributed by atoms with Gasteiger partial charge < -0.3 is 9.84 Å². The van der Waals surface area contributed by atoms with E-state index in [4.69, 9.17) is 4.74 Å². The first-order chi connectivity index (χ1) is 10.7. The van der Waals surface area contributed by atoms with Crippen LogP contribution < -0.4 is 0 Å². The molecule has 5 aliphatic carbocycles. The Kier molecular flexibility index (Phi) is 2.56. The molecular weight excluding hydrogens is 342 g/mol. The SMILES string of the molecule is CC(=O)OC(C)(O)C12C=C(C(F)(F)F)C3C4[C@@H](C[C@@H]31)C42C(F)(F)F. The van der Waals surface area contributed by atoms with Gasteiger partial charge in [0.25, 0.3) is 0 Å². The Bertz CT molecular complexity index is 678. The van der Waals surface area contributed by atoms with Crippen molar-refractivity contribution in [2.45, 2.75) is 38.4 Å². The van der Waals surface area contributed by atoms with E-state index < -0.39 is 64.2 Å². The molecule has 0 saturated heterocycles. The number of hydrogen-bond donors (Lipinski definition) is 1. The van der Waals surface area contributed by atoms with Crippen molar-refractivity contribution >= 4 is 5.97 Å². The summed E-state index contributed by atoms with van der Waals surface area (Å²) < 4.78 is 86.3. The van der Waals surface area contributed by atoms with Gasteiger partial charge in [0, 0.05) is 19.4 Å². The van der Waals surface area contributed by atoms with Gasteiger partial charge in [0.05, 0.1) is 10.8 Å². The fourth-order valence-corrected chi connectivity index (χ4v) is 6.49. The number of alkyl halides is 6. The van der Waals surface area contributed by atoms with Crippen molar-refractivity contribution in [2.75, 3.05) is 0 Å². The summed E-state index contributed by atoms with van der Waals surface area (Å²) in [7, 11) is 0. The number of aliphatic hydroxyl groups is 1. The first-order valence-corrected chi connectivity index (χ1v) is 7.52. The number of ether oxygens (including phenoxy) is 1. The van der Waals surface area contributed by atoms with Gasteiger partial charge in [-0.1, -0.05) is 6.08 Å². The molecule has 4 saturated carbocycles. The molecule has 0 spiro atoms. The van der Waals surface area contributed by atoms with Crippen molar-refractivity contribution in [2.24, 2.45) is 34.5 Å². The van der Waals surface area contributed by atoms with Crippen LogP contribution in [0.1, 0.15) is 20.3 Å². The van der Waals surface area contributed by atoms with Crippen molar-refractivity contribution in [1.82, 2.24) is 0 Å². The third-order valence-electron chi connectivity index (χ3n) is 6.68. The number of halogens is 6. The smallest absolute Gasteiger partial charge is 0.412 e. The zero-order valence-electron chi connectivity index (χ0n) is 12.6. The van der Waals surface area contributed by atoms with Gasteiger partial charge in [-0.15, -0.1) is 0 Å². The zero-order chi connectivity index (χ0) is 18.1. The number of hydrogen-bond acceptors (Lipinski definition) is 3. The summed E-state index contributed by atoms with van der Waals surface area (Å²) in [6.07, 6.45) is -9.10. The fourth-order valence-electron chi connectivity index (χ4n) is 6.49. The summed E-state index contributed by atoms with van der Waals surface area (Å²) in [5, 5.41) is 10.6. The molecule has 5 aliphatic rings. The summed E-state index contributed by atoms with van der Waals surface area (Å²) in [5.74, 6) is -8.20. The van der Waals surface area contributed by atoms with Crippen molar-refractivity contribution in [3.63, 3.8) is 0 Å². The number of carbonyl (C=O) groups excluding carboxylic acids is 1. The molecule has 5 rings (SSSR count). The molecule has 5 unspecified atom stereocenters. The van der Waals surface area contributed by atoms with Gasteiger partial charge in [-0.05, 0) is 30.1 Å². The summed E-state index contributed by atoms with van der Waals surface area (Å²) in [6.45, 7) is 1.76. The molecule has 4 fully saturated rings. The van der Waals surface area contributed by atoms with Crippen LogP contribution in [0, 0.1) is 34.5 Å². The van der Waals surface area contributed by atoms with Crippen molar-refractivity contribution in [1.29, 1.82) is 0 Å². The van der Waals surface area contributed by atoms with E-state index in [1.807, 2.05) is 0 Å². The Hall–Kier alpha value is -1.25. The minimum atomic E-state index is -4.79. The molecule has 9 heteroatoms. The molecule has 0 aromatic carbocycles. The summed E-state index contributed by atoms with van der Waals surface area (Å²) in [4.78, 5) is 11.3. The Morgan fingerprint density at radius 2 is 1.83 bits per heavy atom. The average Bonchev–Trinajstić information content (AvgIpc) is 2.69. The minimum absolute atomic E-state index is 0.0532. The first-order valence-electron chi connectivity index (χ1n) is 7.52. The molecule has 0 aromatic heterocycles. The highest BCUT2D eigenvalue weighted by Gasteiger charge is 3.01. The summed E-state index contributed by atoms with van der Waals surface area (Å²) >= 11 is 0. The van der Waals surface area contributed by atoms with Crippen molar-refractivity contribution in [3.8, 4) is 0 Å². The van der Waals surface area contributed by atoms with Crippen LogP contribution in [0.3, 0.4) is 0 Å². The van der Waals surface area contributed by atoms with Crippen LogP contribution in [0.5, 0.6) is 0 Å². The molecule has 3 nitrogen and oxygen atoms in total. The fraction of sp³-hybridized carbons (Fsp3) is 0.800. The summed E-state index contributed by atoms with van der Waals surface area (Å²) in [5.41, 5.74) is -5.75. The van der Waals surface area contributed by atoms with E-state index in [9.17, 15) is 36.2 Å². The molecule has 0 amide bonds. The van der Waals surface area contributed by atoms with E-state index in [0.717, 1.165) is 13.8 Å². The number of esters is 1. The van der Waals surface area contributed by atoms with Crippen LogP contribution in [0.15, 0.2) is 11.6 Å². The third kappa shape index (κ3) is 1.34. The van der Waals surface area contributed by atoms with Crippen molar-refractivity contribution < 1.29 is 41.0 Å². The molecule has 134 valence electrons. The monoisotopic (exact) mass is 356 g/mol. The highest BCUT2D eigenvalue weighted by Crippen LogP contribution is 2.97. The lowest BCUT2D eigenvalue weighted by atomic mass is 9.66. The van der Waals surface area contributed by atoms with Gasteiger partial charge in [0.2, 0.25) is 5.79 Å². The lowest BCUT2D eigenvalue weighted by Gasteiger charge is -2.46. The van der Waals surface area contributed by atoms with E-state index >= 15 is 0 Å². The first kappa shape index (κ1) is 16.2. The number of rotatable bonds is 2.